The van der Waals surface area contributed by atoms with Gasteiger partial charge in [0.1, 0.15) is 5.75 Å². The highest BCUT2D eigenvalue weighted by atomic mass is 35.5. The zero-order valence-electron chi connectivity index (χ0n) is 11.5. The van der Waals surface area contributed by atoms with Gasteiger partial charge in [0.15, 0.2) is 0 Å². The van der Waals surface area contributed by atoms with Crippen molar-refractivity contribution >= 4 is 23.2 Å². The molecule has 2 aromatic rings. The van der Waals surface area contributed by atoms with Gasteiger partial charge in [0, 0.05) is 10.0 Å². The SMILES string of the molecule is CCOc1ccc(C(NC)c2ccc(Cl)cc2Cl)cc1. The molecule has 0 heterocycles. The molecule has 0 aromatic heterocycles. The van der Waals surface area contributed by atoms with E-state index < -0.39 is 0 Å². The number of hydrogen-bond donors (Lipinski definition) is 1. The maximum atomic E-state index is 6.28. The summed E-state index contributed by atoms with van der Waals surface area (Å²) in [6.45, 7) is 2.63. The van der Waals surface area contributed by atoms with E-state index in [1.54, 1.807) is 6.07 Å². The second-order valence-electron chi connectivity index (χ2n) is 4.39. The first-order valence-corrected chi connectivity index (χ1v) is 7.26. The Bertz CT molecular complexity index is 569. The van der Waals surface area contributed by atoms with Crippen LogP contribution in [0.2, 0.25) is 10.0 Å². The molecule has 0 aliphatic carbocycles. The van der Waals surface area contributed by atoms with E-state index in [-0.39, 0.29) is 6.04 Å². The van der Waals surface area contributed by atoms with Crippen molar-refractivity contribution in [1.29, 1.82) is 0 Å². The van der Waals surface area contributed by atoms with Gasteiger partial charge in [-0.3, -0.25) is 0 Å². The molecule has 0 spiro atoms. The average molecular weight is 310 g/mol. The molecule has 1 N–H and O–H groups in total. The maximum Gasteiger partial charge on any atom is 0.119 e. The highest BCUT2D eigenvalue weighted by Crippen LogP contribution is 2.31. The van der Waals surface area contributed by atoms with Crippen LogP contribution in [0.1, 0.15) is 24.1 Å². The van der Waals surface area contributed by atoms with Gasteiger partial charge in [0.2, 0.25) is 0 Å². The van der Waals surface area contributed by atoms with E-state index in [1.807, 2.05) is 50.4 Å². The Hall–Kier alpha value is -1.22. The highest BCUT2D eigenvalue weighted by Gasteiger charge is 2.15. The van der Waals surface area contributed by atoms with E-state index in [0.29, 0.717) is 16.7 Å². The van der Waals surface area contributed by atoms with E-state index in [4.69, 9.17) is 27.9 Å². The number of ether oxygens (including phenoxy) is 1. The average Bonchev–Trinajstić information content (AvgIpc) is 2.44. The smallest absolute Gasteiger partial charge is 0.119 e. The third-order valence-electron chi connectivity index (χ3n) is 3.09. The molecule has 2 nitrogen and oxygen atoms in total. The minimum absolute atomic E-state index is 0.0236. The lowest BCUT2D eigenvalue weighted by Crippen LogP contribution is -2.18. The Morgan fingerprint density at radius 3 is 2.35 bits per heavy atom. The topological polar surface area (TPSA) is 21.3 Å². The van der Waals surface area contributed by atoms with Gasteiger partial charge in [-0.15, -0.1) is 0 Å². The fourth-order valence-electron chi connectivity index (χ4n) is 2.16. The van der Waals surface area contributed by atoms with E-state index in [1.165, 1.54) is 0 Å². The molecule has 1 atom stereocenters. The molecule has 0 fully saturated rings. The summed E-state index contributed by atoms with van der Waals surface area (Å²) < 4.78 is 5.46. The van der Waals surface area contributed by atoms with Crippen molar-refractivity contribution in [3.8, 4) is 5.75 Å². The Morgan fingerprint density at radius 2 is 1.80 bits per heavy atom. The lowest BCUT2D eigenvalue weighted by Gasteiger charge is -2.19. The van der Waals surface area contributed by atoms with Crippen molar-refractivity contribution in [2.75, 3.05) is 13.7 Å². The zero-order valence-corrected chi connectivity index (χ0v) is 13.0. The molecule has 0 amide bonds. The van der Waals surface area contributed by atoms with E-state index in [0.717, 1.165) is 16.9 Å². The second-order valence-corrected chi connectivity index (χ2v) is 5.23. The van der Waals surface area contributed by atoms with E-state index >= 15 is 0 Å². The van der Waals surface area contributed by atoms with Crippen molar-refractivity contribution in [3.05, 3.63) is 63.6 Å². The molecule has 20 heavy (non-hydrogen) atoms. The largest absolute Gasteiger partial charge is 0.494 e. The lowest BCUT2D eigenvalue weighted by atomic mass is 9.99. The number of hydrogen-bond acceptors (Lipinski definition) is 2. The molecule has 2 aromatic carbocycles. The molecule has 0 aliphatic heterocycles. The summed E-state index contributed by atoms with van der Waals surface area (Å²) in [6, 6.07) is 13.6. The summed E-state index contributed by atoms with van der Waals surface area (Å²) in [4.78, 5) is 0. The van der Waals surface area contributed by atoms with E-state index in [9.17, 15) is 0 Å². The van der Waals surface area contributed by atoms with Gasteiger partial charge in [-0.25, -0.2) is 0 Å². The Morgan fingerprint density at radius 1 is 1.10 bits per heavy atom. The first-order chi connectivity index (χ1) is 9.65. The Kier molecular flexibility index (Phi) is 5.30. The fraction of sp³-hybridized carbons (Fsp3) is 0.250. The number of nitrogens with one attached hydrogen (secondary N) is 1. The van der Waals surface area contributed by atoms with Crippen molar-refractivity contribution in [2.45, 2.75) is 13.0 Å². The van der Waals surface area contributed by atoms with Crippen LogP contribution in [0.15, 0.2) is 42.5 Å². The first-order valence-electron chi connectivity index (χ1n) is 6.50. The van der Waals surface area contributed by atoms with Crippen LogP contribution < -0.4 is 10.1 Å². The van der Waals surface area contributed by atoms with Crippen molar-refractivity contribution in [2.24, 2.45) is 0 Å². The van der Waals surface area contributed by atoms with Crippen LogP contribution in [0.25, 0.3) is 0 Å². The van der Waals surface area contributed by atoms with Crippen LogP contribution in [0.3, 0.4) is 0 Å². The molecular formula is C16H17Cl2NO. The molecule has 0 radical (unpaired) electrons. The third kappa shape index (κ3) is 3.45. The molecular weight excluding hydrogens is 293 g/mol. The molecule has 4 heteroatoms. The molecule has 0 aliphatic rings. The molecule has 0 saturated heterocycles. The summed E-state index contributed by atoms with van der Waals surface area (Å²) in [6.07, 6.45) is 0. The monoisotopic (exact) mass is 309 g/mol. The number of benzene rings is 2. The second kappa shape index (κ2) is 6.98. The zero-order chi connectivity index (χ0) is 14.5. The van der Waals surface area contributed by atoms with Gasteiger partial charge in [-0.1, -0.05) is 41.4 Å². The van der Waals surface area contributed by atoms with Gasteiger partial charge in [0.25, 0.3) is 0 Å². The summed E-state index contributed by atoms with van der Waals surface area (Å²) in [5.41, 5.74) is 2.13. The third-order valence-corrected chi connectivity index (χ3v) is 3.65. The molecule has 106 valence electrons. The van der Waals surface area contributed by atoms with Crippen LogP contribution in [0.5, 0.6) is 5.75 Å². The van der Waals surface area contributed by atoms with Crippen molar-refractivity contribution < 1.29 is 4.74 Å². The van der Waals surface area contributed by atoms with Crippen molar-refractivity contribution in [1.82, 2.24) is 5.32 Å². The summed E-state index contributed by atoms with van der Waals surface area (Å²) in [7, 11) is 1.91. The fourth-order valence-corrected chi connectivity index (χ4v) is 2.68. The molecule has 0 saturated carbocycles. The molecule has 1 unspecified atom stereocenters. The number of halogens is 2. The van der Waals surface area contributed by atoms with Crippen LogP contribution in [-0.4, -0.2) is 13.7 Å². The van der Waals surface area contributed by atoms with E-state index in [2.05, 4.69) is 5.32 Å². The number of rotatable bonds is 5. The minimum Gasteiger partial charge on any atom is -0.494 e. The van der Waals surface area contributed by atoms with Gasteiger partial charge in [-0.05, 0) is 49.4 Å². The maximum absolute atomic E-state index is 6.28. The quantitative estimate of drug-likeness (QED) is 0.864. The highest BCUT2D eigenvalue weighted by molar-refractivity contribution is 6.35. The van der Waals surface area contributed by atoms with Crippen molar-refractivity contribution in [3.63, 3.8) is 0 Å². The van der Waals surface area contributed by atoms with Gasteiger partial charge in [-0.2, -0.15) is 0 Å². The summed E-state index contributed by atoms with van der Waals surface area (Å²) in [5.74, 6) is 0.869. The van der Waals surface area contributed by atoms with Gasteiger partial charge in [0.05, 0.1) is 12.6 Å². The van der Waals surface area contributed by atoms with Crippen LogP contribution in [0, 0.1) is 0 Å². The predicted octanol–water partition coefficient (Wildman–Crippen LogP) is 4.70. The van der Waals surface area contributed by atoms with Gasteiger partial charge < -0.3 is 10.1 Å². The Balaban J connectivity index is 2.31. The normalized spacial score (nSPS) is 12.2. The van der Waals surface area contributed by atoms with Crippen LogP contribution in [-0.2, 0) is 0 Å². The summed E-state index contributed by atoms with van der Waals surface area (Å²) >= 11 is 12.2. The van der Waals surface area contributed by atoms with Crippen LogP contribution >= 0.6 is 23.2 Å². The minimum atomic E-state index is 0.0236. The summed E-state index contributed by atoms with van der Waals surface area (Å²) in [5, 5.41) is 4.58. The predicted molar refractivity (Wildman–Crippen MR) is 85.0 cm³/mol. The van der Waals surface area contributed by atoms with Gasteiger partial charge >= 0.3 is 0 Å². The lowest BCUT2D eigenvalue weighted by molar-refractivity contribution is 0.340. The molecule has 2 rings (SSSR count). The standard InChI is InChI=1S/C16H17Cl2NO/c1-3-20-13-7-4-11(5-8-13)16(19-2)14-9-6-12(17)10-15(14)18/h4-10,16,19H,3H2,1-2H3. The molecule has 0 bridgehead atoms. The Labute approximate surface area is 129 Å². The first kappa shape index (κ1) is 15.2. The van der Waals surface area contributed by atoms with Crippen LogP contribution in [0.4, 0.5) is 0 Å².